The molecule has 3 N–H and O–H groups in total. The zero-order chi connectivity index (χ0) is 23.8. The minimum atomic E-state index is -0.679. The van der Waals surface area contributed by atoms with Crippen molar-refractivity contribution in [2.24, 2.45) is 0 Å². The van der Waals surface area contributed by atoms with E-state index in [0.717, 1.165) is 33.8 Å². The molecule has 8 nitrogen and oxygen atoms in total. The molecule has 1 atom stereocenters. The van der Waals surface area contributed by atoms with Gasteiger partial charge in [0.15, 0.2) is 0 Å². The van der Waals surface area contributed by atoms with E-state index in [2.05, 4.69) is 20.7 Å². The summed E-state index contributed by atoms with van der Waals surface area (Å²) in [5.74, 6) is -1.11. The van der Waals surface area contributed by atoms with Crippen molar-refractivity contribution in [3.8, 4) is 6.07 Å². The van der Waals surface area contributed by atoms with E-state index in [1.807, 2.05) is 65.0 Å². The van der Waals surface area contributed by atoms with E-state index in [4.69, 9.17) is 4.74 Å². The third kappa shape index (κ3) is 6.22. The molecule has 0 saturated carbocycles. The number of ether oxygens (including phenoxy) is 1. The summed E-state index contributed by atoms with van der Waals surface area (Å²) >= 11 is 0. The van der Waals surface area contributed by atoms with E-state index in [-0.39, 0.29) is 18.2 Å². The number of benzene rings is 1. The summed E-state index contributed by atoms with van der Waals surface area (Å²) in [6.45, 7) is 10.4. The number of nitriles is 1. The predicted molar refractivity (Wildman–Crippen MR) is 125 cm³/mol. The topological polar surface area (TPSA) is 108 Å². The Balaban J connectivity index is 2.01. The molecule has 0 aliphatic carbocycles. The van der Waals surface area contributed by atoms with Crippen molar-refractivity contribution in [2.45, 2.75) is 40.7 Å². The fourth-order valence-corrected chi connectivity index (χ4v) is 3.67. The van der Waals surface area contributed by atoms with Gasteiger partial charge < -0.3 is 14.6 Å². The van der Waals surface area contributed by atoms with Crippen LogP contribution in [0.2, 0.25) is 0 Å². The van der Waals surface area contributed by atoms with Crippen LogP contribution >= 0.6 is 0 Å². The fourth-order valence-electron chi connectivity index (χ4n) is 3.67. The van der Waals surface area contributed by atoms with Crippen molar-refractivity contribution in [2.75, 3.05) is 25.6 Å². The van der Waals surface area contributed by atoms with Gasteiger partial charge in [0, 0.05) is 24.2 Å². The van der Waals surface area contributed by atoms with Gasteiger partial charge >= 0.3 is 0 Å². The molecule has 170 valence electrons. The van der Waals surface area contributed by atoms with Crippen LogP contribution in [0, 0.1) is 39.0 Å². The molecule has 32 heavy (non-hydrogen) atoms. The van der Waals surface area contributed by atoms with Gasteiger partial charge in [-0.3, -0.25) is 20.4 Å². The van der Waals surface area contributed by atoms with Gasteiger partial charge in [0.05, 0.1) is 19.2 Å². The van der Waals surface area contributed by atoms with Crippen LogP contribution in [0.4, 0.5) is 5.69 Å². The normalized spacial score (nSPS) is 12.1. The molecule has 0 fully saturated rings. The van der Waals surface area contributed by atoms with E-state index in [9.17, 15) is 14.9 Å². The van der Waals surface area contributed by atoms with Crippen LogP contribution in [-0.2, 0) is 14.3 Å². The third-order valence-electron chi connectivity index (χ3n) is 5.17. The van der Waals surface area contributed by atoms with Crippen molar-refractivity contribution in [1.82, 2.24) is 15.4 Å². The second-order valence-electron chi connectivity index (χ2n) is 7.84. The molecule has 1 aromatic carbocycles. The summed E-state index contributed by atoms with van der Waals surface area (Å²) in [6, 6.07) is 9.80. The molecule has 0 radical (unpaired) electrons. The molecule has 1 aromatic heterocycles. The monoisotopic (exact) mass is 437 g/mol. The number of amides is 2. The Hall–Kier alpha value is -3.57. The average Bonchev–Trinajstić information content (AvgIpc) is 3.02. The highest BCUT2D eigenvalue weighted by molar-refractivity contribution is 6.02. The first-order valence-corrected chi connectivity index (χ1v) is 10.4. The lowest BCUT2D eigenvalue weighted by Crippen LogP contribution is -2.44. The summed E-state index contributed by atoms with van der Waals surface area (Å²) in [4.78, 5) is 24.5. The van der Waals surface area contributed by atoms with Crippen LogP contribution in [0.1, 0.15) is 41.0 Å². The Labute approximate surface area is 189 Å². The molecule has 8 heteroatoms. The van der Waals surface area contributed by atoms with Gasteiger partial charge in [-0.2, -0.15) is 5.26 Å². The highest BCUT2D eigenvalue weighted by Crippen LogP contribution is 2.22. The number of rotatable bonds is 8. The molecule has 0 bridgehead atoms. The second kappa shape index (κ2) is 11.2. The number of nitrogens with zero attached hydrogens (tertiary/aromatic N) is 2. The van der Waals surface area contributed by atoms with E-state index < -0.39 is 11.8 Å². The van der Waals surface area contributed by atoms with Crippen LogP contribution in [0.5, 0.6) is 0 Å². The maximum Gasteiger partial charge on any atom is 0.280 e. The van der Waals surface area contributed by atoms with Gasteiger partial charge in [-0.15, -0.1) is 0 Å². The first-order valence-electron chi connectivity index (χ1n) is 10.4. The third-order valence-corrected chi connectivity index (χ3v) is 5.17. The van der Waals surface area contributed by atoms with Crippen LogP contribution in [-0.4, -0.2) is 36.6 Å². The lowest BCUT2D eigenvalue weighted by Gasteiger charge is -2.17. The number of hydrogen-bond donors (Lipinski definition) is 3. The number of hydrazine groups is 1. The summed E-state index contributed by atoms with van der Waals surface area (Å²) in [6.07, 6.45) is 1.52. The molecule has 1 heterocycles. The number of aryl methyl sites for hydroxylation is 3. The minimum Gasteiger partial charge on any atom is -0.383 e. The van der Waals surface area contributed by atoms with Crippen LogP contribution in [0.15, 0.2) is 29.8 Å². The van der Waals surface area contributed by atoms with Crippen LogP contribution in [0.3, 0.4) is 0 Å². The van der Waals surface area contributed by atoms with Crippen molar-refractivity contribution in [3.63, 3.8) is 0 Å². The molecule has 2 rings (SSSR count). The number of hydrogen-bond acceptors (Lipinski definition) is 5. The highest BCUT2D eigenvalue weighted by atomic mass is 16.5. The molecule has 0 saturated heterocycles. The van der Waals surface area contributed by atoms with Gasteiger partial charge in [0.1, 0.15) is 11.6 Å². The van der Waals surface area contributed by atoms with Gasteiger partial charge in [0.2, 0.25) is 0 Å². The maximum atomic E-state index is 12.4. The lowest BCUT2D eigenvalue weighted by molar-refractivity contribution is -0.125. The fraction of sp³-hybridized carbons (Fsp3) is 0.375. The number of nitrogens with one attached hydrogen (secondary N) is 3. The van der Waals surface area contributed by atoms with Gasteiger partial charge in [0.25, 0.3) is 11.8 Å². The summed E-state index contributed by atoms with van der Waals surface area (Å²) in [5, 5.41) is 12.5. The molecule has 0 aliphatic heterocycles. The standard InChI is InChI=1S/C24H31N5O3/c1-15-7-8-22(16(2)9-15)26-13-23(30)27-28-24(31)21(12-25)11-20-10-17(3)29(19(20)5)18(4)14-32-6/h7-11,18,26H,13-14H2,1-6H3,(H,27,30)(H,28,31)/b21-11+. The first kappa shape index (κ1) is 24.7. The Bertz CT molecular complexity index is 1060. The van der Waals surface area contributed by atoms with Gasteiger partial charge in [-0.05, 0) is 64.0 Å². The second-order valence-corrected chi connectivity index (χ2v) is 7.84. The summed E-state index contributed by atoms with van der Waals surface area (Å²) < 4.78 is 7.33. The van der Waals surface area contributed by atoms with E-state index >= 15 is 0 Å². The average molecular weight is 438 g/mol. The zero-order valence-corrected chi connectivity index (χ0v) is 19.5. The van der Waals surface area contributed by atoms with E-state index in [1.165, 1.54) is 6.08 Å². The number of methoxy groups -OCH3 is 1. The van der Waals surface area contributed by atoms with E-state index in [0.29, 0.717) is 6.61 Å². The van der Waals surface area contributed by atoms with Crippen molar-refractivity contribution < 1.29 is 14.3 Å². The zero-order valence-electron chi connectivity index (χ0n) is 19.5. The largest absolute Gasteiger partial charge is 0.383 e. The minimum absolute atomic E-state index is 0.0195. The molecule has 2 amide bonds. The Morgan fingerprint density at radius 2 is 1.91 bits per heavy atom. The number of aromatic nitrogens is 1. The van der Waals surface area contributed by atoms with Crippen LogP contribution in [0.25, 0.3) is 6.08 Å². The molecule has 0 spiro atoms. The van der Waals surface area contributed by atoms with Gasteiger partial charge in [-0.25, -0.2) is 0 Å². The lowest BCUT2D eigenvalue weighted by atomic mass is 10.1. The molecular weight excluding hydrogens is 406 g/mol. The summed E-state index contributed by atoms with van der Waals surface area (Å²) in [5.41, 5.74) is 10.2. The van der Waals surface area contributed by atoms with Crippen molar-refractivity contribution in [1.29, 1.82) is 5.26 Å². The molecule has 0 aliphatic rings. The van der Waals surface area contributed by atoms with Crippen molar-refractivity contribution in [3.05, 3.63) is 57.9 Å². The number of carbonyl (C=O) groups excluding carboxylic acids is 2. The smallest absolute Gasteiger partial charge is 0.280 e. The van der Waals surface area contributed by atoms with Crippen molar-refractivity contribution >= 4 is 23.6 Å². The number of carbonyl (C=O) groups is 2. The Kier molecular flexibility index (Phi) is 8.62. The molecular formula is C24H31N5O3. The predicted octanol–water partition coefficient (Wildman–Crippen LogP) is 3.10. The first-order chi connectivity index (χ1) is 15.2. The van der Waals surface area contributed by atoms with Crippen LogP contribution < -0.4 is 16.2 Å². The van der Waals surface area contributed by atoms with E-state index in [1.54, 1.807) is 7.11 Å². The molecule has 2 aromatic rings. The SMILES string of the molecule is COCC(C)n1c(C)cc(/C=C(\C#N)C(=O)NNC(=O)CNc2ccc(C)cc2C)c1C. The highest BCUT2D eigenvalue weighted by Gasteiger charge is 2.16. The Morgan fingerprint density at radius 1 is 1.19 bits per heavy atom. The Morgan fingerprint density at radius 3 is 2.53 bits per heavy atom. The maximum absolute atomic E-state index is 12.4. The summed E-state index contributed by atoms with van der Waals surface area (Å²) in [7, 11) is 1.65. The van der Waals surface area contributed by atoms with Gasteiger partial charge in [-0.1, -0.05) is 17.7 Å². The molecule has 1 unspecified atom stereocenters. The number of anilines is 1. The quantitative estimate of drug-likeness (QED) is 0.334.